The molecule has 2 N–H and O–H groups in total. The summed E-state index contributed by atoms with van der Waals surface area (Å²) in [4.78, 5) is 2.09. The van der Waals surface area contributed by atoms with E-state index < -0.39 is 6.18 Å². The van der Waals surface area contributed by atoms with Crippen LogP contribution in [-0.2, 0) is 0 Å². The van der Waals surface area contributed by atoms with Gasteiger partial charge in [0.05, 0.1) is 0 Å². The zero-order valence-electron chi connectivity index (χ0n) is 11.9. The first kappa shape index (κ1) is 16.5. The SMILES string of the molecule is CC(C)(CN)CCCCN1CC=C(C(F)(F)F)CC1. The van der Waals surface area contributed by atoms with Gasteiger partial charge >= 0.3 is 6.18 Å². The minimum Gasteiger partial charge on any atom is -0.330 e. The fraction of sp³-hybridized carbons (Fsp3) is 0.857. The van der Waals surface area contributed by atoms with E-state index in [-0.39, 0.29) is 17.4 Å². The van der Waals surface area contributed by atoms with Gasteiger partial charge in [-0.15, -0.1) is 0 Å². The summed E-state index contributed by atoms with van der Waals surface area (Å²) in [5.41, 5.74) is 5.47. The van der Waals surface area contributed by atoms with Gasteiger partial charge in [0.15, 0.2) is 0 Å². The third-order valence-corrected chi connectivity index (χ3v) is 3.79. The highest BCUT2D eigenvalue weighted by Gasteiger charge is 2.34. The Morgan fingerprint density at radius 1 is 1.26 bits per heavy atom. The number of unbranched alkanes of at least 4 members (excludes halogenated alkanes) is 1. The van der Waals surface area contributed by atoms with Crippen LogP contribution in [0, 0.1) is 5.41 Å². The number of alkyl halides is 3. The Balaban J connectivity index is 2.22. The second-order valence-corrected chi connectivity index (χ2v) is 6.10. The quantitative estimate of drug-likeness (QED) is 0.596. The summed E-state index contributed by atoms with van der Waals surface area (Å²) in [5.74, 6) is 0. The van der Waals surface area contributed by atoms with Gasteiger partial charge in [-0.05, 0) is 37.8 Å². The van der Waals surface area contributed by atoms with Crippen LogP contribution in [0.15, 0.2) is 11.6 Å². The fourth-order valence-electron chi connectivity index (χ4n) is 2.21. The van der Waals surface area contributed by atoms with Crippen LogP contribution in [-0.4, -0.2) is 37.3 Å². The predicted molar refractivity (Wildman–Crippen MR) is 71.9 cm³/mol. The lowest BCUT2D eigenvalue weighted by atomic mass is 9.87. The molecule has 19 heavy (non-hydrogen) atoms. The van der Waals surface area contributed by atoms with Crippen molar-refractivity contribution in [2.24, 2.45) is 11.1 Å². The molecule has 0 unspecified atom stereocenters. The van der Waals surface area contributed by atoms with Crippen LogP contribution in [0.25, 0.3) is 0 Å². The molecule has 0 radical (unpaired) electrons. The Hall–Kier alpha value is -0.550. The van der Waals surface area contributed by atoms with Crippen molar-refractivity contribution in [1.29, 1.82) is 0 Å². The average molecular weight is 278 g/mol. The van der Waals surface area contributed by atoms with E-state index in [1.165, 1.54) is 6.08 Å². The second kappa shape index (κ2) is 6.75. The Bertz CT molecular complexity index is 308. The van der Waals surface area contributed by atoms with Crippen LogP contribution in [0.3, 0.4) is 0 Å². The van der Waals surface area contributed by atoms with Gasteiger partial charge in [-0.2, -0.15) is 13.2 Å². The number of halogens is 3. The highest BCUT2D eigenvalue weighted by molar-refractivity contribution is 5.12. The minimum atomic E-state index is -4.14. The van der Waals surface area contributed by atoms with Gasteiger partial charge in [0.1, 0.15) is 0 Å². The number of rotatable bonds is 6. The molecule has 5 heteroatoms. The van der Waals surface area contributed by atoms with Crippen LogP contribution in [0.1, 0.15) is 39.5 Å². The van der Waals surface area contributed by atoms with E-state index >= 15 is 0 Å². The van der Waals surface area contributed by atoms with E-state index in [1.807, 2.05) is 0 Å². The number of hydrogen-bond acceptors (Lipinski definition) is 2. The zero-order chi connectivity index (χ0) is 14.5. The molecule has 112 valence electrons. The van der Waals surface area contributed by atoms with Gasteiger partial charge in [0.25, 0.3) is 0 Å². The molecule has 0 saturated heterocycles. The summed E-state index contributed by atoms with van der Waals surface area (Å²) in [5, 5.41) is 0. The summed E-state index contributed by atoms with van der Waals surface area (Å²) in [7, 11) is 0. The van der Waals surface area contributed by atoms with Crippen molar-refractivity contribution in [3.63, 3.8) is 0 Å². The van der Waals surface area contributed by atoms with Crippen molar-refractivity contribution in [3.8, 4) is 0 Å². The summed E-state index contributed by atoms with van der Waals surface area (Å²) in [6, 6.07) is 0. The molecule has 1 aliphatic heterocycles. The maximum Gasteiger partial charge on any atom is 0.412 e. The summed E-state index contributed by atoms with van der Waals surface area (Å²) < 4.78 is 37.3. The van der Waals surface area contributed by atoms with Gasteiger partial charge in [-0.25, -0.2) is 0 Å². The second-order valence-electron chi connectivity index (χ2n) is 6.10. The molecule has 0 atom stereocenters. The smallest absolute Gasteiger partial charge is 0.330 e. The van der Waals surface area contributed by atoms with E-state index in [2.05, 4.69) is 18.7 Å². The standard InChI is InChI=1S/C14H25F3N2/c1-13(2,11-18)7-3-4-8-19-9-5-12(6-10-19)14(15,16)17/h5H,3-4,6-11,18H2,1-2H3. The van der Waals surface area contributed by atoms with Crippen molar-refractivity contribution in [1.82, 2.24) is 4.90 Å². The molecular weight excluding hydrogens is 253 g/mol. The van der Waals surface area contributed by atoms with Gasteiger partial charge in [0.2, 0.25) is 0 Å². The molecule has 0 amide bonds. The number of nitrogens with zero attached hydrogens (tertiary/aromatic N) is 1. The summed E-state index contributed by atoms with van der Waals surface area (Å²) in [6.07, 6.45) is 0.485. The largest absolute Gasteiger partial charge is 0.412 e. The van der Waals surface area contributed by atoms with E-state index in [9.17, 15) is 13.2 Å². The highest BCUT2D eigenvalue weighted by Crippen LogP contribution is 2.30. The molecule has 1 aliphatic rings. The van der Waals surface area contributed by atoms with Crippen molar-refractivity contribution in [3.05, 3.63) is 11.6 Å². The Labute approximate surface area is 113 Å². The molecule has 2 nitrogen and oxygen atoms in total. The fourth-order valence-corrected chi connectivity index (χ4v) is 2.21. The van der Waals surface area contributed by atoms with E-state index in [0.29, 0.717) is 19.6 Å². The zero-order valence-corrected chi connectivity index (χ0v) is 11.9. The molecule has 0 aromatic heterocycles. The van der Waals surface area contributed by atoms with Crippen LogP contribution in [0.5, 0.6) is 0 Å². The first-order chi connectivity index (χ1) is 8.74. The Morgan fingerprint density at radius 2 is 1.95 bits per heavy atom. The molecule has 1 heterocycles. The number of hydrogen-bond donors (Lipinski definition) is 1. The minimum absolute atomic E-state index is 0.123. The first-order valence-electron chi connectivity index (χ1n) is 6.93. The molecule has 0 bridgehead atoms. The van der Waals surface area contributed by atoms with Crippen LogP contribution in [0.4, 0.5) is 13.2 Å². The molecule has 0 aromatic carbocycles. The van der Waals surface area contributed by atoms with Crippen molar-refractivity contribution >= 4 is 0 Å². The number of nitrogens with two attached hydrogens (primary N) is 1. The molecule has 0 aliphatic carbocycles. The van der Waals surface area contributed by atoms with E-state index in [0.717, 1.165) is 25.8 Å². The third kappa shape index (κ3) is 5.95. The normalized spacial score (nSPS) is 18.5. The van der Waals surface area contributed by atoms with Crippen molar-refractivity contribution < 1.29 is 13.2 Å². The van der Waals surface area contributed by atoms with Gasteiger partial charge in [-0.1, -0.05) is 26.3 Å². The van der Waals surface area contributed by atoms with Gasteiger partial charge in [-0.3, -0.25) is 4.90 Å². The van der Waals surface area contributed by atoms with Crippen LogP contribution in [0.2, 0.25) is 0 Å². The van der Waals surface area contributed by atoms with E-state index in [4.69, 9.17) is 5.73 Å². The highest BCUT2D eigenvalue weighted by atomic mass is 19.4. The Morgan fingerprint density at radius 3 is 2.42 bits per heavy atom. The molecule has 0 aromatic rings. The molecule has 1 rings (SSSR count). The molecule has 0 spiro atoms. The molecule has 0 saturated carbocycles. The maximum absolute atomic E-state index is 12.4. The lowest BCUT2D eigenvalue weighted by molar-refractivity contribution is -0.0960. The van der Waals surface area contributed by atoms with Crippen molar-refractivity contribution in [2.75, 3.05) is 26.2 Å². The lowest BCUT2D eigenvalue weighted by Crippen LogP contribution is -2.32. The van der Waals surface area contributed by atoms with Crippen LogP contribution < -0.4 is 5.73 Å². The predicted octanol–water partition coefficient (Wildman–Crippen LogP) is 3.34. The third-order valence-electron chi connectivity index (χ3n) is 3.79. The first-order valence-corrected chi connectivity index (χ1v) is 6.93. The molecular formula is C14H25F3N2. The summed E-state index contributed by atoms with van der Waals surface area (Å²) in [6.45, 7) is 6.79. The summed E-state index contributed by atoms with van der Waals surface area (Å²) >= 11 is 0. The average Bonchev–Trinajstić information content (AvgIpc) is 2.34. The van der Waals surface area contributed by atoms with Gasteiger partial charge in [0, 0.05) is 18.7 Å². The monoisotopic (exact) mass is 278 g/mol. The van der Waals surface area contributed by atoms with E-state index in [1.54, 1.807) is 0 Å². The topological polar surface area (TPSA) is 29.3 Å². The lowest BCUT2D eigenvalue weighted by Gasteiger charge is -2.28. The van der Waals surface area contributed by atoms with Crippen LogP contribution >= 0.6 is 0 Å². The van der Waals surface area contributed by atoms with Crippen molar-refractivity contribution in [2.45, 2.75) is 45.7 Å². The Kier molecular flexibility index (Phi) is 5.86. The van der Waals surface area contributed by atoms with Gasteiger partial charge < -0.3 is 5.73 Å². The molecule has 0 fully saturated rings. The maximum atomic E-state index is 12.4.